The summed E-state index contributed by atoms with van der Waals surface area (Å²) < 4.78 is 0. The predicted molar refractivity (Wildman–Crippen MR) is 61.0 cm³/mol. The molecule has 0 radical (unpaired) electrons. The average Bonchev–Trinajstić information content (AvgIpc) is 2.36. The van der Waals surface area contributed by atoms with Crippen LogP contribution < -0.4 is 5.73 Å². The fourth-order valence-electron chi connectivity index (χ4n) is 4.29. The third-order valence-electron chi connectivity index (χ3n) is 6.08. The Hall–Kier alpha value is -0.0400. The molecule has 0 amide bonds. The van der Waals surface area contributed by atoms with Crippen molar-refractivity contribution in [3.05, 3.63) is 0 Å². The van der Waals surface area contributed by atoms with E-state index >= 15 is 0 Å². The lowest BCUT2D eigenvalue weighted by molar-refractivity contribution is 0.0487. The molecule has 0 aromatic heterocycles. The van der Waals surface area contributed by atoms with Gasteiger partial charge in [0.1, 0.15) is 0 Å². The zero-order valence-corrected chi connectivity index (χ0v) is 10.4. The second-order valence-electron chi connectivity index (χ2n) is 6.69. The van der Waals surface area contributed by atoms with Crippen LogP contribution in [0, 0.1) is 22.7 Å². The topological polar surface area (TPSA) is 26.0 Å². The van der Waals surface area contributed by atoms with Crippen LogP contribution in [0.2, 0.25) is 0 Å². The van der Waals surface area contributed by atoms with Crippen LogP contribution in [-0.4, -0.2) is 5.54 Å². The highest BCUT2D eigenvalue weighted by atomic mass is 14.9. The molecule has 0 heterocycles. The van der Waals surface area contributed by atoms with Crippen LogP contribution in [0.5, 0.6) is 0 Å². The van der Waals surface area contributed by atoms with E-state index in [9.17, 15) is 0 Å². The molecule has 0 aromatic rings. The van der Waals surface area contributed by atoms with E-state index in [1.807, 2.05) is 0 Å². The number of nitrogens with two attached hydrogens (primary N) is 1. The Morgan fingerprint density at radius 1 is 1.21 bits per heavy atom. The Labute approximate surface area is 88.4 Å². The van der Waals surface area contributed by atoms with Crippen LogP contribution in [0.1, 0.15) is 53.9 Å². The summed E-state index contributed by atoms with van der Waals surface area (Å²) in [6, 6.07) is 0. The van der Waals surface area contributed by atoms with Crippen molar-refractivity contribution in [3.8, 4) is 0 Å². The van der Waals surface area contributed by atoms with E-state index in [2.05, 4.69) is 34.6 Å². The van der Waals surface area contributed by atoms with E-state index in [4.69, 9.17) is 5.73 Å². The van der Waals surface area contributed by atoms with Crippen molar-refractivity contribution < 1.29 is 0 Å². The summed E-state index contributed by atoms with van der Waals surface area (Å²) in [7, 11) is 0. The minimum absolute atomic E-state index is 0.0828. The van der Waals surface area contributed by atoms with Crippen LogP contribution >= 0.6 is 0 Å². The van der Waals surface area contributed by atoms with Crippen LogP contribution in [0.15, 0.2) is 0 Å². The monoisotopic (exact) mass is 195 g/mol. The smallest absolute Gasteiger partial charge is 0.0240 e. The Kier molecular flexibility index (Phi) is 1.91. The molecule has 2 aliphatic carbocycles. The van der Waals surface area contributed by atoms with Gasteiger partial charge in [-0.25, -0.2) is 0 Å². The fraction of sp³-hybridized carbons (Fsp3) is 1.00. The van der Waals surface area contributed by atoms with E-state index < -0.39 is 0 Å². The maximum atomic E-state index is 6.70. The number of hydrogen-bond acceptors (Lipinski definition) is 1. The minimum atomic E-state index is 0.0828. The first kappa shape index (κ1) is 10.5. The number of fused-ring (bicyclic) bond motifs is 2. The molecular weight excluding hydrogens is 170 g/mol. The van der Waals surface area contributed by atoms with Gasteiger partial charge in [-0.05, 0) is 41.9 Å². The van der Waals surface area contributed by atoms with Gasteiger partial charge in [0.15, 0.2) is 0 Å². The number of hydrogen-bond donors (Lipinski definition) is 1. The van der Waals surface area contributed by atoms with Crippen molar-refractivity contribution in [1.82, 2.24) is 0 Å². The molecule has 2 rings (SSSR count). The molecular formula is C13H25N. The van der Waals surface area contributed by atoms with Crippen molar-refractivity contribution in [2.45, 2.75) is 59.4 Å². The summed E-state index contributed by atoms with van der Waals surface area (Å²) >= 11 is 0. The molecule has 0 saturated heterocycles. The van der Waals surface area contributed by atoms with Crippen LogP contribution in [0.3, 0.4) is 0 Å². The molecule has 1 heteroatoms. The Morgan fingerprint density at radius 3 is 2.00 bits per heavy atom. The highest BCUT2D eigenvalue weighted by Gasteiger charge is 2.67. The lowest BCUT2D eigenvalue weighted by Gasteiger charge is -2.49. The first-order chi connectivity index (χ1) is 6.26. The van der Waals surface area contributed by atoms with Gasteiger partial charge in [-0.1, -0.05) is 34.6 Å². The molecule has 2 saturated carbocycles. The highest BCUT2D eigenvalue weighted by Crippen LogP contribution is 2.70. The largest absolute Gasteiger partial charge is 0.324 e. The number of rotatable bonds is 1. The third-order valence-corrected chi connectivity index (χ3v) is 6.08. The molecule has 0 aromatic carbocycles. The fourth-order valence-corrected chi connectivity index (χ4v) is 4.29. The van der Waals surface area contributed by atoms with E-state index in [1.54, 1.807) is 0 Å². The van der Waals surface area contributed by atoms with Gasteiger partial charge >= 0.3 is 0 Å². The van der Waals surface area contributed by atoms with Crippen molar-refractivity contribution in [3.63, 3.8) is 0 Å². The van der Waals surface area contributed by atoms with Gasteiger partial charge in [-0.2, -0.15) is 0 Å². The van der Waals surface area contributed by atoms with Gasteiger partial charge in [0.05, 0.1) is 0 Å². The Balaban J connectivity index is 2.45. The lowest BCUT2D eigenvalue weighted by Crippen LogP contribution is -2.57. The molecule has 14 heavy (non-hydrogen) atoms. The zero-order chi connectivity index (χ0) is 10.8. The lowest BCUT2D eigenvalue weighted by atomic mass is 9.59. The second-order valence-corrected chi connectivity index (χ2v) is 6.69. The normalized spacial score (nSPS) is 50.4. The summed E-state index contributed by atoms with van der Waals surface area (Å²) in [4.78, 5) is 0. The molecule has 2 aliphatic rings. The molecule has 2 bridgehead atoms. The standard InChI is InChI=1S/C13H25N/c1-9(2)13(14)8-10-6-7-12(13,5)11(10,3)4/h9-10H,6-8,14H2,1-5H3/t10-,12+,13+/m1/s1. The summed E-state index contributed by atoms with van der Waals surface area (Å²) in [6.45, 7) is 11.9. The molecule has 2 fully saturated rings. The zero-order valence-electron chi connectivity index (χ0n) is 10.4. The first-order valence-electron chi connectivity index (χ1n) is 6.04. The van der Waals surface area contributed by atoms with Gasteiger partial charge in [0.25, 0.3) is 0 Å². The molecule has 0 unspecified atom stereocenters. The SMILES string of the molecule is CC(C)[C@@]1(N)C[C@H]2CC[C@@]1(C)C2(C)C. The summed E-state index contributed by atoms with van der Waals surface area (Å²) in [5, 5.41) is 0. The molecule has 0 spiro atoms. The summed E-state index contributed by atoms with van der Waals surface area (Å²) in [5.41, 5.74) is 7.59. The Morgan fingerprint density at radius 2 is 1.79 bits per heavy atom. The van der Waals surface area contributed by atoms with Crippen LogP contribution in [0.4, 0.5) is 0 Å². The molecule has 2 N–H and O–H groups in total. The summed E-state index contributed by atoms with van der Waals surface area (Å²) in [5.74, 6) is 1.47. The Bertz CT molecular complexity index is 256. The van der Waals surface area contributed by atoms with Gasteiger partial charge in [-0.3, -0.25) is 0 Å². The second kappa shape index (κ2) is 2.55. The van der Waals surface area contributed by atoms with Crippen LogP contribution in [0.25, 0.3) is 0 Å². The van der Waals surface area contributed by atoms with Gasteiger partial charge < -0.3 is 5.73 Å². The van der Waals surface area contributed by atoms with Gasteiger partial charge in [0.2, 0.25) is 0 Å². The van der Waals surface area contributed by atoms with Crippen molar-refractivity contribution in [1.29, 1.82) is 0 Å². The average molecular weight is 195 g/mol. The molecule has 1 nitrogen and oxygen atoms in total. The third kappa shape index (κ3) is 0.856. The van der Waals surface area contributed by atoms with Crippen molar-refractivity contribution in [2.24, 2.45) is 28.4 Å². The quantitative estimate of drug-likeness (QED) is 0.683. The van der Waals surface area contributed by atoms with Crippen LogP contribution in [-0.2, 0) is 0 Å². The molecule has 82 valence electrons. The predicted octanol–water partition coefficient (Wildman–Crippen LogP) is 3.19. The van der Waals surface area contributed by atoms with Crippen molar-refractivity contribution in [2.75, 3.05) is 0 Å². The van der Waals surface area contributed by atoms with E-state index in [-0.39, 0.29) is 5.54 Å². The van der Waals surface area contributed by atoms with E-state index in [0.717, 1.165) is 5.92 Å². The molecule has 0 aliphatic heterocycles. The maximum absolute atomic E-state index is 6.70. The van der Waals surface area contributed by atoms with E-state index in [0.29, 0.717) is 16.7 Å². The van der Waals surface area contributed by atoms with Gasteiger partial charge in [0, 0.05) is 5.54 Å². The summed E-state index contributed by atoms with van der Waals surface area (Å²) in [6.07, 6.45) is 3.97. The van der Waals surface area contributed by atoms with Crippen molar-refractivity contribution >= 4 is 0 Å². The van der Waals surface area contributed by atoms with Gasteiger partial charge in [-0.15, -0.1) is 0 Å². The minimum Gasteiger partial charge on any atom is -0.324 e. The highest BCUT2D eigenvalue weighted by molar-refractivity contribution is 5.20. The molecule has 3 atom stereocenters. The first-order valence-corrected chi connectivity index (χ1v) is 6.04. The van der Waals surface area contributed by atoms with E-state index in [1.165, 1.54) is 19.3 Å². The maximum Gasteiger partial charge on any atom is 0.0240 e.